The lowest BCUT2D eigenvalue weighted by molar-refractivity contribution is 0.333. The van der Waals surface area contributed by atoms with E-state index in [1.165, 1.54) is 28.1 Å². The molecule has 2 rings (SSSR count). The van der Waals surface area contributed by atoms with Gasteiger partial charge in [-0.3, -0.25) is 4.79 Å². The molecule has 5 nitrogen and oxygen atoms in total. The van der Waals surface area contributed by atoms with Crippen LogP contribution in [0.5, 0.6) is 0 Å². The number of rotatable bonds is 3. The first-order valence-corrected chi connectivity index (χ1v) is 6.85. The molecule has 0 aliphatic heterocycles. The Kier molecular flexibility index (Phi) is 3.38. The Morgan fingerprint density at radius 3 is 2.78 bits per heavy atom. The first-order valence-electron chi connectivity index (χ1n) is 6.03. The van der Waals surface area contributed by atoms with Crippen LogP contribution in [0.1, 0.15) is 34.1 Å². The molecule has 2 aromatic heterocycles. The predicted octanol–water partition coefficient (Wildman–Crippen LogP) is 2.39. The van der Waals surface area contributed by atoms with Crippen molar-refractivity contribution in [2.45, 2.75) is 40.2 Å². The number of nitrogens with zero attached hydrogens (tertiary/aromatic N) is 3. The fourth-order valence-corrected chi connectivity index (χ4v) is 2.71. The van der Waals surface area contributed by atoms with Crippen molar-refractivity contribution in [2.75, 3.05) is 5.32 Å². The fraction of sp³-hybridized carbons (Fsp3) is 0.583. The van der Waals surface area contributed by atoms with Gasteiger partial charge in [0.15, 0.2) is 0 Å². The smallest absolute Gasteiger partial charge is 0.275 e. The van der Waals surface area contributed by atoms with Crippen molar-refractivity contribution < 1.29 is 0 Å². The number of hydrogen-bond acceptors (Lipinski definition) is 5. The average Bonchev–Trinajstić information content (AvgIpc) is 2.68. The van der Waals surface area contributed by atoms with Crippen molar-refractivity contribution in [1.82, 2.24) is 14.6 Å². The summed E-state index contributed by atoms with van der Waals surface area (Å²) in [5, 5.41) is 8.40. The summed E-state index contributed by atoms with van der Waals surface area (Å²) in [4.78, 5) is 16.3. The van der Waals surface area contributed by atoms with E-state index in [1.807, 2.05) is 0 Å². The van der Waals surface area contributed by atoms with Crippen LogP contribution in [0.15, 0.2) is 17.1 Å². The molecule has 2 heterocycles. The monoisotopic (exact) mass is 266 g/mol. The molecule has 0 aliphatic rings. The Hall–Kier alpha value is -1.43. The second kappa shape index (κ2) is 4.68. The van der Waals surface area contributed by atoms with Gasteiger partial charge in [0.1, 0.15) is 0 Å². The molecule has 0 bridgehead atoms. The van der Waals surface area contributed by atoms with E-state index in [0.717, 1.165) is 11.6 Å². The van der Waals surface area contributed by atoms with Crippen LogP contribution in [-0.4, -0.2) is 20.6 Å². The van der Waals surface area contributed by atoms with Crippen LogP contribution in [0, 0.1) is 5.41 Å². The fourth-order valence-electron chi connectivity index (χ4n) is 1.88. The molecule has 0 saturated heterocycles. The van der Waals surface area contributed by atoms with Gasteiger partial charge in [0.25, 0.3) is 5.56 Å². The highest BCUT2D eigenvalue weighted by molar-refractivity contribution is 7.20. The minimum Gasteiger partial charge on any atom is -0.357 e. The minimum absolute atomic E-state index is 0.144. The van der Waals surface area contributed by atoms with E-state index in [4.69, 9.17) is 0 Å². The Morgan fingerprint density at radius 2 is 2.22 bits per heavy atom. The normalized spacial score (nSPS) is 13.8. The highest BCUT2D eigenvalue weighted by Gasteiger charge is 2.23. The van der Waals surface area contributed by atoms with Crippen LogP contribution < -0.4 is 10.9 Å². The van der Waals surface area contributed by atoms with Crippen molar-refractivity contribution >= 4 is 21.4 Å². The lowest BCUT2D eigenvalue weighted by Crippen LogP contribution is -2.33. The largest absolute Gasteiger partial charge is 0.357 e. The number of anilines is 1. The van der Waals surface area contributed by atoms with Crippen molar-refractivity contribution in [3.8, 4) is 0 Å². The number of fused-ring (bicyclic) bond motifs is 1. The van der Waals surface area contributed by atoms with Crippen LogP contribution in [0.4, 0.5) is 5.13 Å². The van der Waals surface area contributed by atoms with Gasteiger partial charge in [-0.25, -0.2) is 4.98 Å². The van der Waals surface area contributed by atoms with Crippen molar-refractivity contribution in [1.29, 1.82) is 0 Å². The van der Waals surface area contributed by atoms with E-state index in [2.05, 4.69) is 43.1 Å². The van der Waals surface area contributed by atoms with E-state index in [1.54, 1.807) is 0 Å². The topological polar surface area (TPSA) is 59.3 Å². The Morgan fingerprint density at radius 1 is 1.50 bits per heavy atom. The van der Waals surface area contributed by atoms with Gasteiger partial charge in [0.05, 0.1) is 0 Å². The molecular weight excluding hydrogens is 248 g/mol. The van der Waals surface area contributed by atoms with Crippen LogP contribution >= 0.6 is 11.3 Å². The zero-order chi connectivity index (χ0) is 13.3. The van der Waals surface area contributed by atoms with Crippen molar-refractivity contribution in [2.24, 2.45) is 5.41 Å². The minimum atomic E-state index is -0.145. The molecule has 0 aliphatic carbocycles. The van der Waals surface area contributed by atoms with E-state index in [-0.39, 0.29) is 11.0 Å². The third-order valence-electron chi connectivity index (χ3n) is 2.92. The lowest BCUT2D eigenvalue weighted by atomic mass is 9.85. The molecule has 0 amide bonds. The maximum absolute atomic E-state index is 11.6. The Labute approximate surface area is 110 Å². The number of nitrogens with one attached hydrogen (secondary N) is 1. The molecule has 0 fully saturated rings. The highest BCUT2D eigenvalue weighted by atomic mass is 32.1. The third-order valence-corrected chi connectivity index (χ3v) is 3.78. The molecule has 2 aromatic rings. The zero-order valence-electron chi connectivity index (χ0n) is 11.1. The first kappa shape index (κ1) is 13.0. The molecule has 0 aromatic carbocycles. The lowest BCUT2D eigenvalue weighted by Gasteiger charge is -2.30. The number of aromatic nitrogens is 3. The highest BCUT2D eigenvalue weighted by Crippen LogP contribution is 2.27. The second-order valence-corrected chi connectivity index (χ2v) is 6.31. The van der Waals surface area contributed by atoms with Gasteiger partial charge in [-0.2, -0.15) is 4.52 Å². The van der Waals surface area contributed by atoms with E-state index in [9.17, 15) is 4.79 Å². The van der Waals surface area contributed by atoms with Crippen LogP contribution in [0.3, 0.4) is 0 Å². The summed E-state index contributed by atoms with van der Waals surface area (Å²) >= 11 is 1.40. The van der Waals surface area contributed by atoms with Gasteiger partial charge in [-0.15, -0.1) is 5.10 Å². The molecule has 0 radical (unpaired) electrons. The number of hydrogen-bond donors (Lipinski definition) is 1. The maximum Gasteiger partial charge on any atom is 0.275 e. The SMILES string of the molecule is CCC(Nc1nn2c(=O)ccnc2s1)C(C)(C)C. The molecule has 0 saturated carbocycles. The average molecular weight is 266 g/mol. The zero-order valence-corrected chi connectivity index (χ0v) is 11.9. The van der Waals surface area contributed by atoms with Gasteiger partial charge < -0.3 is 5.32 Å². The van der Waals surface area contributed by atoms with Gasteiger partial charge in [0, 0.05) is 18.3 Å². The molecule has 1 atom stereocenters. The van der Waals surface area contributed by atoms with Crippen molar-refractivity contribution in [3.63, 3.8) is 0 Å². The van der Waals surface area contributed by atoms with Gasteiger partial charge in [-0.05, 0) is 11.8 Å². The standard InChI is InChI=1S/C12H18N4OS/c1-5-8(12(2,3)4)14-10-15-16-9(17)6-7-13-11(16)18-10/h6-8H,5H2,1-4H3,(H,14,15). The molecule has 6 heteroatoms. The van der Waals surface area contributed by atoms with Gasteiger partial charge >= 0.3 is 0 Å². The van der Waals surface area contributed by atoms with Crippen LogP contribution in [0.25, 0.3) is 4.96 Å². The van der Waals surface area contributed by atoms with Crippen LogP contribution in [0.2, 0.25) is 0 Å². The van der Waals surface area contributed by atoms with E-state index >= 15 is 0 Å². The van der Waals surface area contributed by atoms with E-state index in [0.29, 0.717) is 11.0 Å². The summed E-state index contributed by atoms with van der Waals surface area (Å²) in [6, 6.07) is 1.73. The van der Waals surface area contributed by atoms with Crippen LogP contribution in [-0.2, 0) is 0 Å². The summed E-state index contributed by atoms with van der Waals surface area (Å²) in [5.41, 5.74) is -0.00143. The maximum atomic E-state index is 11.6. The second-order valence-electron chi connectivity index (χ2n) is 5.36. The van der Waals surface area contributed by atoms with Gasteiger partial charge in [-0.1, -0.05) is 39.0 Å². The summed E-state index contributed by atoms with van der Waals surface area (Å²) in [7, 11) is 0. The van der Waals surface area contributed by atoms with Crippen molar-refractivity contribution in [3.05, 3.63) is 22.6 Å². The summed E-state index contributed by atoms with van der Waals surface area (Å²) in [5.74, 6) is 0. The predicted molar refractivity (Wildman–Crippen MR) is 74.3 cm³/mol. The molecule has 18 heavy (non-hydrogen) atoms. The molecular formula is C12H18N4OS. The summed E-state index contributed by atoms with van der Waals surface area (Å²) in [6.07, 6.45) is 2.52. The first-order chi connectivity index (χ1) is 8.41. The molecule has 1 N–H and O–H groups in total. The van der Waals surface area contributed by atoms with E-state index < -0.39 is 0 Å². The van der Waals surface area contributed by atoms with Gasteiger partial charge in [0.2, 0.25) is 10.1 Å². The Bertz CT molecular complexity index is 596. The Balaban J connectivity index is 2.32. The summed E-state index contributed by atoms with van der Waals surface area (Å²) < 4.78 is 1.34. The molecule has 0 spiro atoms. The molecule has 1 unspecified atom stereocenters. The third kappa shape index (κ3) is 2.53. The quantitative estimate of drug-likeness (QED) is 0.926. The summed E-state index contributed by atoms with van der Waals surface area (Å²) in [6.45, 7) is 8.70. The molecule has 98 valence electrons.